The minimum absolute atomic E-state index is 1.16. The van der Waals surface area contributed by atoms with Gasteiger partial charge in [-0.2, -0.15) is 11.1 Å². The Morgan fingerprint density at radius 3 is 1.67 bits per heavy atom. The molecule has 0 unspecified atom stereocenters. The zero-order chi connectivity index (χ0) is 5.21. The first-order valence-corrected chi connectivity index (χ1v) is 6.47. The Hall–Kier alpha value is 0.507. The number of halogens is 1. The molecule has 0 saturated heterocycles. The molecule has 0 rings (SSSR count). The number of hydrogen-bond acceptors (Lipinski definition) is 0. The second-order valence-electron chi connectivity index (χ2n) is 2.07. The van der Waals surface area contributed by atoms with Crippen LogP contribution in [0.2, 0.25) is 19.1 Å². The highest BCUT2D eigenvalue weighted by Crippen LogP contribution is 2.11. The van der Waals surface area contributed by atoms with Crippen LogP contribution in [0, 0.1) is 0 Å². The van der Waals surface area contributed by atoms with E-state index in [0.29, 0.717) is 0 Å². The molecule has 38 valence electrons. The Kier molecular flexibility index (Phi) is 2.15. The van der Waals surface area contributed by atoms with Crippen molar-refractivity contribution in [3.05, 3.63) is 0 Å². The topological polar surface area (TPSA) is 0 Å². The van der Waals surface area contributed by atoms with Crippen LogP contribution in [0.4, 0.5) is 0 Å². The summed E-state index contributed by atoms with van der Waals surface area (Å²) in [4.78, 5) is 0. The summed E-state index contributed by atoms with van der Waals surface area (Å²) in [5.74, 6) is 0. The first kappa shape index (κ1) is 6.51. The Morgan fingerprint density at radius 2 is 1.67 bits per heavy atom. The van der Waals surface area contributed by atoms with Gasteiger partial charge in [0.15, 0.2) is 0 Å². The van der Waals surface area contributed by atoms with E-state index in [2.05, 4.69) is 20.0 Å². The van der Waals surface area contributed by atoms with Crippen molar-refractivity contribution in [2.24, 2.45) is 0 Å². The van der Waals surface area contributed by atoms with Gasteiger partial charge in [0, 0.05) is 0 Å². The molecule has 0 fully saturated rings. The predicted molar refractivity (Wildman–Crippen MR) is 33.8 cm³/mol. The van der Waals surface area contributed by atoms with Crippen LogP contribution < -0.4 is 0 Å². The fourth-order valence-corrected chi connectivity index (χ4v) is 0. The summed E-state index contributed by atoms with van der Waals surface area (Å²) in [5.41, 5.74) is 0. The number of rotatable bonds is 1. The summed E-state index contributed by atoms with van der Waals surface area (Å²) in [6, 6.07) is 1.18. The summed E-state index contributed by atoms with van der Waals surface area (Å²) in [6.07, 6.45) is 0. The maximum atomic E-state index is 5.86. The maximum absolute atomic E-state index is 5.86. The largest absolute Gasteiger partial charge is 0.168 e. The van der Waals surface area contributed by atoms with Crippen molar-refractivity contribution in [1.29, 1.82) is 0 Å². The monoisotopic (exact) mass is 122 g/mol. The average Bonchev–Trinajstić information content (AvgIpc) is 1.35. The second kappa shape index (κ2) is 1.98. The molecule has 0 bridgehead atoms. The zero-order valence-electron chi connectivity index (χ0n) is 4.59. The van der Waals surface area contributed by atoms with E-state index in [1.54, 1.807) is 0 Å². The highest BCUT2D eigenvalue weighted by molar-refractivity contribution is 7.19. The fourth-order valence-electron chi connectivity index (χ4n) is 0. The molecule has 0 aliphatic rings. The SMILES string of the molecule is CC[Si](C)(C)Cl. The lowest BCUT2D eigenvalue weighted by Crippen LogP contribution is -2.12. The molecule has 0 aliphatic carbocycles. The first-order chi connectivity index (χ1) is 2.56. The van der Waals surface area contributed by atoms with Crippen LogP contribution in [-0.2, 0) is 0 Å². The minimum atomic E-state index is -1.16. The zero-order valence-corrected chi connectivity index (χ0v) is 6.34. The highest BCUT2D eigenvalue weighted by atomic mass is 35.6. The first-order valence-electron chi connectivity index (χ1n) is 2.25. The Balaban J connectivity index is 3.17. The third-order valence-electron chi connectivity index (χ3n) is 0.841. The molecule has 2 heteroatoms. The molecular weight excluding hydrogens is 112 g/mol. The van der Waals surface area contributed by atoms with Gasteiger partial charge < -0.3 is 0 Å². The molecule has 0 aromatic carbocycles. The third-order valence-corrected chi connectivity index (χ3v) is 3.32. The summed E-state index contributed by atoms with van der Waals surface area (Å²) >= 11 is 5.86. The van der Waals surface area contributed by atoms with Gasteiger partial charge in [0.05, 0.1) is 0 Å². The van der Waals surface area contributed by atoms with Gasteiger partial charge in [0.25, 0.3) is 0 Å². The van der Waals surface area contributed by atoms with Gasteiger partial charge in [0.2, 0.25) is 0 Å². The van der Waals surface area contributed by atoms with Gasteiger partial charge in [-0.1, -0.05) is 20.0 Å². The summed E-state index contributed by atoms with van der Waals surface area (Å²) < 4.78 is 0. The standard InChI is InChI=1S/C4H11ClSi/c1-4-6(2,3)5/h4H2,1-3H3. The summed E-state index contributed by atoms with van der Waals surface area (Å²) in [5, 5.41) is 0. The molecule has 0 saturated carbocycles. The van der Waals surface area contributed by atoms with Crippen LogP contribution in [-0.4, -0.2) is 7.38 Å². The van der Waals surface area contributed by atoms with Crippen LogP contribution in [0.25, 0.3) is 0 Å². The van der Waals surface area contributed by atoms with E-state index in [4.69, 9.17) is 11.1 Å². The maximum Gasteiger partial charge on any atom is 0.150 e. The smallest absolute Gasteiger partial charge is 0.150 e. The molecule has 0 atom stereocenters. The lowest BCUT2D eigenvalue weighted by molar-refractivity contribution is 1.40. The molecule has 0 aromatic rings. The van der Waals surface area contributed by atoms with E-state index in [0.717, 1.165) is 0 Å². The van der Waals surface area contributed by atoms with Crippen molar-refractivity contribution in [3.63, 3.8) is 0 Å². The molecule has 0 aliphatic heterocycles. The highest BCUT2D eigenvalue weighted by Gasteiger charge is 2.11. The van der Waals surface area contributed by atoms with E-state index in [1.165, 1.54) is 6.04 Å². The Bertz CT molecular complexity index is 37.3. The van der Waals surface area contributed by atoms with Crippen LogP contribution in [0.5, 0.6) is 0 Å². The van der Waals surface area contributed by atoms with Crippen molar-refractivity contribution >= 4 is 18.5 Å². The molecular formula is C4H11ClSi. The van der Waals surface area contributed by atoms with Gasteiger partial charge in [0.1, 0.15) is 7.38 Å². The molecule has 0 amide bonds. The minimum Gasteiger partial charge on any atom is -0.168 e. The van der Waals surface area contributed by atoms with Gasteiger partial charge in [-0.05, 0) is 6.04 Å². The Morgan fingerprint density at radius 1 is 1.50 bits per heavy atom. The van der Waals surface area contributed by atoms with E-state index < -0.39 is 7.38 Å². The van der Waals surface area contributed by atoms with Crippen molar-refractivity contribution in [2.75, 3.05) is 0 Å². The van der Waals surface area contributed by atoms with Gasteiger partial charge in [-0.15, -0.1) is 0 Å². The van der Waals surface area contributed by atoms with Crippen LogP contribution in [0.15, 0.2) is 0 Å². The normalized spacial score (nSPS) is 12.0. The lowest BCUT2D eigenvalue weighted by Gasteiger charge is -2.05. The quantitative estimate of drug-likeness (QED) is 0.370. The molecule has 0 N–H and O–H groups in total. The Labute approximate surface area is 45.2 Å². The molecule has 6 heavy (non-hydrogen) atoms. The predicted octanol–water partition coefficient (Wildman–Crippen LogP) is 2.45. The third kappa shape index (κ3) is 4.51. The van der Waals surface area contributed by atoms with E-state index in [1.807, 2.05) is 0 Å². The molecule has 0 spiro atoms. The van der Waals surface area contributed by atoms with E-state index in [-0.39, 0.29) is 0 Å². The van der Waals surface area contributed by atoms with Gasteiger partial charge in [-0.3, -0.25) is 0 Å². The summed E-state index contributed by atoms with van der Waals surface area (Å²) in [7, 11) is -1.16. The summed E-state index contributed by atoms with van der Waals surface area (Å²) in [6.45, 7) is 6.43. The van der Waals surface area contributed by atoms with Crippen molar-refractivity contribution in [3.8, 4) is 0 Å². The number of hydrogen-bond donors (Lipinski definition) is 0. The molecule has 0 aromatic heterocycles. The van der Waals surface area contributed by atoms with Gasteiger partial charge >= 0.3 is 0 Å². The van der Waals surface area contributed by atoms with Crippen LogP contribution >= 0.6 is 11.1 Å². The van der Waals surface area contributed by atoms with Crippen molar-refractivity contribution < 1.29 is 0 Å². The fraction of sp³-hybridized carbons (Fsp3) is 1.00. The average molecular weight is 123 g/mol. The second-order valence-corrected chi connectivity index (χ2v) is 9.29. The van der Waals surface area contributed by atoms with Gasteiger partial charge in [-0.25, -0.2) is 0 Å². The van der Waals surface area contributed by atoms with Crippen molar-refractivity contribution in [1.82, 2.24) is 0 Å². The van der Waals surface area contributed by atoms with E-state index >= 15 is 0 Å². The van der Waals surface area contributed by atoms with E-state index in [9.17, 15) is 0 Å². The molecule has 0 radical (unpaired) electrons. The molecule has 0 heterocycles. The van der Waals surface area contributed by atoms with Crippen LogP contribution in [0.1, 0.15) is 6.92 Å². The van der Waals surface area contributed by atoms with Crippen LogP contribution in [0.3, 0.4) is 0 Å². The lowest BCUT2D eigenvalue weighted by atomic mass is 11.0. The molecule has 0 nitrogen and oxygen atoms in total. The van der Waals surface area contributed by atoms with Crippen molar-refractivity contribution in [2.45, 2.75) is 26.1 Å².